The van der Waals surface area contributed by atoms with Crippen LogP contribution in [-0.2, 0) is 6.42 Å². The van der Waals surface area contributed by atoms with Gasteiger partial charge in [-0.25, -0.2) is 0 Å². The second kappa shape index (κ2) is 6.94. The molecule has 1 aliphatic rings. The molecule has 0 aromatic heterocycles. The molecule has 106 valence electrons. The van der Waals surface area contributed by atoms with Gasteiger partial charge in [-0.1, -0.05) is 36.2 Å². The van der Waals surface area contributed by atoms with Gasteiger partial charge in [0.2, 0.25) is 0 Å². The van der Waals surface area contributed by atoms with Gasteiger partial charge in [-0.05, 0) is 50.0 Å². The molecule has 1 N–H and O–H groups in total. The van der Waals surface area contributed by atoms with E-state index < -0.39 is 0 Å². The molecule has 0 aliphatic carbocycles. The van der Waals surface area contributed by atoms with Crippen LogP contribution >= 0.6 is 23.2 Å². The molecule has 19 heavy (non-hydrogen) atoms. The van der Waals surface area contributed by atoms with Gasteiger partial charge in [-0.15, -0.1) is 0 Å². The summed E-state index contributed by atoms with van der Waals surface area (Å²) >= 11 is 12.1. The zero-order valence-corrected chi connectivity index (χ0v) is 13.1. The molecule has 0 saturated carbocycles. The summed E-state index contributed by atoms with van der Waals surface area (Å²) in [7, 11) is 2.06. The number of nitrogens with one attached hydrogen (secondary N) is 1. The van der Waals surface area contributed by atoms with Crippen LogP contribution in [0, 0.1) is 5.92 Å². The molecule has 2 unspecified atom stereocenters. The monoisotopic (exact) mass is 300 g/mol. The number of likely N-dealkylation sites (tertiary alicyclic amines) is 1. The van der Waals surface area contributed by atoms with Gasteiger partial charge in [-0.2, -0.15) is 0 Å². The second-order valence-electron chi connectivity index (χ2n) is 5.45. The zero-order valence-electron chi connectivity index (χ0n) is 11.6. The van der Waals surface area contributed by atoms with Crippen LogP contribution in [0.25, 0.3) is 0 Å². The number of hydrogen-bond donors (Lipinski definition) is 1. The summed E-state index contributed by atoms with van der Waals surface area (Å²) in [6.07, 6.45) is 2.22. The Morgan fingerprint density at radius 1 is 1.37 bits per heavy atom. The summed E-state index contributed by atoms with van der Waals surface area (Å²) in [6.45, 7) is 5.72. The van der Waals surface area contributed by atoms with E-state index >= 15 is 0 Å². The maximum absolute atomic E-state index is 6.21. The molecule has 1 heterocycles. The highest BCUT2D eigenvalue weighted by Crippen LogP contribution is 2.22. The Balaban J connectivity index is 1.86. The molecule has 0 spiro atoms. The van der Waals surface area contributed by atoms with E-state index in [9.17, 15) is 0 Å². The van der Waals surface area contributed by atoms with E-state index in [-0.39, 0.29) is 0 Å². The minimum atomic E-state index is 0.662. The third-order valence-corrected chi connectivity index (χ3v) is 4.66. The molecule has 1 aliphatic heterocycles. The number of halogens is 2. The Morgan fingerprint density at radius 2 is 2.16 bits per heavy atom. The van der Waals surface area contributed by atoms with Gasteiger partial charge in [0.25, 0.3) is 0 Å². The Labute approximate surface area is 126 Å². The average molecular weight is 301 g/mol. The SMILES string of the molecule is CNC1CCN(CCc2ccc(Cl)cc2Cl)CC1C. The van der Waals surface area contributed by atoms with Crippen LogP contribution in [0.5, 0.6) is 0 Å². The third kappa shape index (κ3) is 4.09. The van der Waals surface area contributed by atoms with Crippen molar-refractivity contribution in [3.05, 3.63) is 33.8 Å². The van der Waals surface area contributed by atoms with Crippen molar-refractivity contribution in [2.75, 3.05) is 26.7 Å². The molecule has 2 rings (SSSR count). The highest BCUT2D eigenvalue weighted by Gasteiger charge is 2.24. The molecule has 0 bridgehead atoms. The molecule has 4 heteroatoms. The Hall–Kier alpha value is -0.280. The van der Waals surface area contributed by atoms with Gasteiger partial charge >= 0.3 is 0 Å². The van der Waals surface area contributed by atoms with Crippen molar-refractivity contribution >= 4 is 23.2 Å². The van der Waals surface area contributed by atoms with E-state index in [0.717, 1.165) is 24.5 Å². The largest absolute Gasteiger partial charge is 0.317 e. The van der Waals surface area contributed by atoms with E-state index in [4.69, 9.17) is 23.2 Å². The lowest BCUT2D eigenvalue weighted by Gasteiger charge is -2.36. The lowest BCUT2D eigenvalue weighted by molar-refractivity contribution is 0.153. The van der Waals surface area contributed by atoms with E-state index in [1.54, 1.807) is 0 Å². The number of hydrogen-bond acceptors (Lipinski definition) is 2. The minimum Gasteiger partial charge on any atom is -0.317 e. The zero-order chi connectivity index (χ0) is 13.8. The fourth-order valence-corrected chi connectivity index (χ4v) is 3.37. The lowest BCUT2D eigenvalue weighted by Crippen LogP contribution is -2.47. The van der Waals surface area contributed by atoms with Gasteiger partial charge in [0.15, 0.2) is 0 Å². The molecule has 0 amide bonds. The van der Waals surface area contributed by atoms with Crippen molar-refractivity contribution in [1.82, 2.24) is 10.2 Å². The standard InChI is InChI=1S/C15H22Cl2N2/c1-11-10-19(8-6-15(11)18-2)7-5-12-3-4-13(16)9-14(12)17/h3-4,9,11,15,18H,5-8,10H2,1-2H3. The van der Waals surface area contributed by atoms with Crippen LogP contribution in [0.1, 0.15) is 18.9 Å². The summed E-state index contributed by atoms with van der Waals surface area (Å²) in [5, 5.41) is 4.89. The van der Waals surface area contributed by atoms with E-state index in [2.05, 4.69) is 24.2 Å². The average Bonchev–Trinajstić information content (AvgIpc) is 2.38. The summed E-state index contributed by atoms with van der Waals surface area (Å²) in [5.74, 6) is 0.708. The molecule has 0 radical (unpaired) electrons. The lowest BCUT2D eigenvalue weighted by atomic mass is 9.94. The highest BCUT2D eigenvalue weighted by molar-refractivity contribution is 6.35. The number of piperidine rings is 1. The summed E-state index contributed by atoms with van der Waals surface area (Å²) < 4.78 is 0. The Morgan fingerprint density at radius 3 is 2.79 bits per heavy atom. The fraction of sp³-hybridized carbons (Fsp3) is 0.600. The van der Waals surface area contributed by atoms with Crippen molar-refractivity contribution in [2.45, 2.75) is 25.8 Å². The maximum atomic E-state index is 6.21. The van der Waals surface area contributed by atoms with E-state index in [1.807, 2.05) is 18.2 Å². The van der Waals surface area contributed by atoms with Crippen molar-refractivity contribution < 1.29 is 0 Å². The first kappa shape index (κ1) is 15.1. The van der Waals surface area contributed by atoms with Crippen LogP contribution in [0.15, 0.2) is 18.2 Å². The molecular weight excluding hydrogens is 279 g/mol. The fourth-order valence-electron chi connectivity index (χ4n) is 2.87. The van der Waals surface area contributed by atoms with Gasteiger partial charge in [0.05, 0.1) is 0 Å². The van der Waals surface area contributed by atoms with Crippen LogP contribution in [0.3, 0.4) is 0 Å². The van der Waals surface area contributed by atoms with Crippen molar-refractivity contribution in [1.29, 1.82) is 0 Å². The molecule has 1 aromatic carbocycles. The smallest absolute Gasteiger partial charge is 0.0453 e. The molecule has 1 aromatic rings. The van der Waals surface area contributed by atoms with Crippen molar-refractivity contribution in [3.63, 3.8) is 0 Å². The van der Waals surface area contributed by atoms with E-state index in [1.165, 1.54) is 18.5 Å². The van der Waals surface area contributed by atoms with Crippen LogP contribution in [0.2, 0.25) is 10.0 Å². The van der Waals surface area contributed by atoms with E-state index in [0.29, 0.717) is 17.0 Å². The van der Waals surface area contributed by atoms with Crippen LogP contribution < -0.4 is 5.32 Å². The predicted octanol–water partition coefficient (Wildman–Crippen LogP) is 3.47. The van der Waals surface area contributed by atoms with Gasteiger partial charge < -0.3 is 10.2 Å². The summed E-state index contributed by atoms with van der Waals surface area (Å²) in [6, 6.07) is 6.44. The third-order valence-electron chi connectivity index (χ3n) is 4.07. The molecular formula is C15H22Cl2N2. The topological polar surface area (TPSA) is 15.3 Å². The first-order valence-corrected chi connectivity index (χ1v) is 7.69. The number of rotatable bonds is 4. The molecule has 1 fully saturated rings. The summed E-state index contributed by atoms with van der Waals surface area (Å²) in [4.78, 5) is 2.53. The second-order valence-corrected chi connectivity index (χ2v) is 6.29. The first-order chi connectivity index (χ1) is 9.10. The van der Waals surface area contributed by atoms with Gasteiger partial charge in [0.1, 0.15) is 0 Å². The highest BCUT2D eigenvalue weighted by atomic mass is 35.5. The quantitative estimate of drug-likeness (QED) is 0.916. The van der Waals surface area contributed by atoms with Crippen molar-refractivity contribution in [2.24, 2.45) is 5.92 Å². The van der Waals surface area contributed by atoms with Crippen LogP contribution in [0.4, 0.5) is 0 Å². The molecule has 1 saturated heterocycles. The van der Waals surface area contributed by atoms with Crippen molar-refractivity contribution in [3.8, 4) is 0 Å². The van der Waals surface area contributed by atoms with Gasteiger partial charge in [-0.3, -0.25) is 0 Å². The predicted molar refractivity (Wildman–Crippen MR) is 83.2 cm³/mol. The number of nitrogens with zero attached hydrogens (tertiary/aromatic N) is 1. The molecule has 2 atom stereocenters. The van der Waals surface area contributed by atoms with Crippen LogP contribution in [-0.4, -0.2) is 37.6 Å². The number of benzene rings is 1. The van der Waals surface area contributed by atoms with Gasteiger partial charge in [0, 0.05) is 29.2 Å². The normalized spacial score (nSPS) is 24.6. The Bertz CT molecular complexity index is 423. The first-order valence-electron chi connectivity index (χ1n) is 6.93. The molecule has 2 nitrogen and oxygen atoms in total. The summed E-state index contributed by atoms with van der Waals surface area (Å²) in [5.41, 5.74) is 1.19. The maximum Gasteiger partial charge on any atom is 0.0453 e. The Kier molecular flexibility index (Phi) is 5.52. The minimum absolute atomic E-state index is 0.662.